The van der Waals surface area contributed by atoms with Gasteiger partial charge in [0.15, 0.2) is 0 Å². The molecule has 15 heavy (non-hydrogen) atoms. The van der Waals surface area contributed by atoms with Crippen molar-refractivity contribution in [2.45, 2.75) is 24.6 Å². The maximum atomic E-state index is 6.31. The average molecular weight is 218 g/mol. The highest BCUT2D eigenvalue weighted by Gasteiger charge is 2.19. The predicted molar refractivity (Wildman–Crippen MR) is 63.3 cm³/mol. The smallest absolute Gasteiger partial charge is 0.0705 e. The molecule has 0 saturated carbocycles. The van der Waals surface area contributed by atoms with Crippen LogP contribution in [0.2, 0.25) is 0 Å². The highest BCUT2D eigenvalue weighted by atomic mass is 35.5. The van der Waals surface area contributed by atoms with Crippen molar-refractivity contribution < 1.29 is 0 Å². The summed E-state index contributed by atoms with van der Waals surface area (Å²) in [5.41, 5.74) is 3.52. The molecule has 1 aromatic carbocycles. The molecular weight excluding hydrogens is 206 g/mol. The van der Waals surface area contributed by atoms with Gasteiger partial charge in [-0.15, -0.1) is 11.6 Å². The lowest BCUT2D eigenvalue weighted by atomic mass is 9.94. The lowest BCUT2D eigenvalue weighted by Crippen LogP contribution is -2.07. The normalized spacial score (nSPS) is 20.2. The third kappa shape index (κ3) is 1.51. The Bertz CT molecular complexity index is 507. The van der Waals surface area contributed by atoms with Crippen LogP contribution in [0.3, 0.4) is 0 Å². The number of hydrogen-bond donors (Lipinski definition) is 0. The van der Waals surface area contributed by atoms with Gasteiger partial charge in [-0.25, -0.2) is 0 Å². The standard InChI is InChI=1S/C13H12ClN/c14-11-5-3-7-13-10(11)8-9-4-1-2-6-12(9)15-13/h1-2,4,6,8,11H,3,5,7H2. The van der Waals surface area contributed by atoms with Crippen molar-refractivity contribution in [3.05, 3.63) is 41.6 Å². The van der Waals surface area contributed by atoms with Crippen molar-refractivity contribution in [2.75, 3.05) is 0 Å². The maximum absolute atomic E-state index is 6.31. The molecule has 1 aliphatic rings. The zero-order chi connectivity index (χ0) is 10.3. The van der Waals surface area contributed by atoms with Crippen LogP contribution in [0.5, 0.6) is 0 Å². The number of para-hydroxylation sites is 1. The number of nitrogens with zero attached hydrogens (tertiary/aromatic N) is 1. The Morgan fingerprint density at radius 2 is 2.13 bits per heavy atom. The summed E-state index contributed by atoms with van der Waals surface area (Å²) in [5, 5.41) is 1.36. The Hall–Kier alpha value is -1.08. The Kier molecular flexibility index (Phi) is 2.14. The van der Waals surface area contributed by atoms with E-state index in [1.807, 2.05) is 12.1 Å². The minimum atomic E-state index is 0.158. The van der Waals surface area contributed by atoms with Crippen LogP contribution in [0.25, 0.3) is 10.9 Å². The monoisotopic (exact) mass is 217 g/mol. The number of aryl methyl sites for hydroxylation is 1. The van der Waals surface area contributed by atoms with Gasteiger partial charge in [-0.1, -0.05) is 18.2 Å². The largest absolute Gasteiger partial charge is 0.253 e. The second-order valence-corrected chi connectivity index (χ2v) is 4.60. The fraction of sp³-hybridized carbons (Fsp3) is 0.308. The summed E-state index contributed by atoms with van der Waals surface area (Å²) < 4.78 is 0. The molecule has 0 amide bonds. The van der Waals surface area contributed by atoms with Gasteiger partial charge in [0, 0.05) is 11.1 Å². The van der Waals surface area contributed by atoms with Gasteiger partial charge < -0.3 is 0 Å². The fourth-order valence-corrected chi connectivity index (χ4v) is 2.59. The van der Waals surface area contributed by atoms with Crippen LogP contribution in [-0.2, 0) is 6.42 Å². The summed E-state index contributed by atoms with van der Waals surface area (Å²) in [4.78, 5) is 4.68. The number of pyridine rings is 1. The number of rotatable bonds is 0. The predicted octanol–water partition coefficient (Wildman–Crippen LogP) is 3.85. The van der Waals surface area contributed by atoms with Gasteiger partial charge in [-0.05, 0) is 37.0 Å². The van der Waals surface area contributed by atoms with Gasteiger partial charge in [0.05, 0.1) is 10.9 Å². The molecule has 0 N–H and O–H groups in total. The third-order valence-corrected chi connectivity index (χ3v) is 3.50. The van der Waals surface area contributed by atoms with Crippen molar-refractivity contribution in [1.82, 2.24) is 4.98 Å². The van der Waals surface area contributed by atoms with Gasteiger partial charge in [0.2, 0.25) is 0 Å². The van der Waals surface area contributed by atoms with Crippen LogP contribution < -0.4 is 0 Å². The molecule has 1 nitrogen and oxygen atoms in total. The number of benzene rings is 1. The molecule has 1 aliphatic carbocycles. The number of hydrogen-bond acceptors (Lipinski definition) is 1. The van der Waals surface area contributed by atoms with Gasteiger partial charge >= 0.3 is 0 Å². The van der Waals surface area contributed by atoms with E-state index >= 15 is 0 Å². The summed E-state index contributed by atoms with van der Waals surface area (Å²) in [6.07, 6.45) is 3.31. The van der Waals surface area contributed by atoms with E-state index in [0.29, 0.717) is 0 Å². The lowest BCUT2D eigenvalue weighted by molar-refractivity contribution is 0.654. The van der Waals surface area contributed by atoms with Gasteiger partial charge in [0.25, 0.3) is 0 Å². The van der Waals surface area contributed by atoms with E-state index in [9.17, 15) is 0 Å². The average Bonchev–Trinajstić information content (AvgIpc) is 2.27. The lowest BCUT2D eigenvalue weighted by Gasteiger charge is -2.20. The molecule has 1 heterocycles. The molecule has 2 heteroatoms. The summed E-state index contributed by atoms with van der Waals surface area (Å²) in [7, 11) is 0. The van der Waals surface area contributed by atoms with E-state index in [4.69, 9.17) is 11.6 Å². The molecule has 3 rings (SSSR count). The van der Waals surface area contributed by atoms with Gasteiger partial charge in [-0.2, -0.15) is 0 Å². The molecule has 0 radical (unpaired) electrons. The summed E-state index contributed by atoms with van der Waals surface area (Å²) in [5.74, 6) is 0. The Balaban J connectivity index is 2.27. The number of halogens is 1. The number of fused-ring (bicyclic) bond motifs is 2. The Morgan fingerprint density at radius 3 is 3.07 bits per heavy atom. The first-order valence-corrected chi connectivity index (χ1v) is 5.81. The van der Waals surface area contributed by atoms with E-state index in [2.05, 4.69) is 23.2 Å². The first-order valence-electron chi connectivity index (χ1n) is 5.37. The molecule has 0 saturated heterocycles. The minimum Gasteiger partial charge on any atom is -0.253 e. The van der Waals surface area contributed by atoms with E-state index < -0.39 is 0 Å². The Labute approximate surface area is 94.1 Å². The molecule has 0 bridgehead atoms. The van der Waals surface area contributed by atoms with Crippen molar-refractivity contribution in [1.29, 1.82) is 0 Å². The summed E-state index contributed by atoms with van der Waals surface area (Å²) >= 11 is 6.31. The highest BCUT2D eigenvalue weighted by molar-refractivity contribution is 6.21. The van der Waals surface area contributed by atoms with Crippen LogP contribution in [0, 0.1) is 0 Å². The zero-order valence-electron chi connectivity index (χ0n) is 8.41. The quantitative estimate of drug-likeness (QED) is 0.611. The van der Waals surface area contributed by atoms with Crippen molar-refractivity contribution in [3.63, 3.8) is 0 Å². The van der Waals surface area contributed by atoms with Gasteiger partial charge in [-0.3, -0.25) is 4.98 Å². The molecule has 0 fully saturated rings. The van der Waals surface area contributed by atoms with Crippen LogP contribution in [0.1, 0.15) is 29.5 Å². The van der Waals surface area contributed by atoms with E-state index in [-0.39, 0.29) is 5.38 Å². The minimum absolute atomic E-state index is 0.158. The molecule has 76 valence electrons. The highest BCUT2D eigenvalue weighted by Crippen LogP contribution is 2.35. The zero-order valence-corrected chi connectivity index (χ0v) is 9.17. The first kappa shape index (κ1) is 9.17. The van der Waals surface area contributed by atoms with Crippen LogP contribution in [-0.4, -0.2) is 4.98 Å². The molecule has 1 atom stereocenters. The number of aromatic nitrogens is 1. The SMILES string of the molecule is ClC1CCCc2nc3ccccc3cc21. The van der Waals surface area contributed by atoms with Crippen LogP contribution >= 0.6 is 11.6 Å². The summed E-state index contributed by atoms with van der Waals surface area (Å²) in [6, 6.07) is 10.4. The number of alkyl halides is 1. The molecule has 0 aliphatic heterocycles. The van der Waals surface area contributed by atoms with E-state index in [1.54, 1.807) is 0 Å². The van der Waals surface area contributed by atoms with E-state index in [0.717, 1.165) is 24.8 Å². The topological polar surface area (TPSA) is 12.9 Å². The van der Waals surface area contributed by atoms with Crippen LogP contribution in [0.15, 0.2) is 30.3 Å². The van der Waals surface area contributed by atoms with Crippen LogP contribution in [0.4, 0.5) is 0 Å². The first-order chi connectivity index (χ1) is 7.34. The van der Waals surface area contributed by atoms with E-state index in [1.165, 1.54) is 16.6 Å². The second-order valence-electron chi connectivity index (χ2n) is 4.08. The maximum Gasteiger partial charge on any atom is 0.0705 e. The fourth-order valence-electron chi connectivity index (χ4n) is 2.25. The molecule has 1 aromatic heterocycles. The molecule has 2 aromatic rings. The third-order valence-electron chi connectivity index (χ3n) is 3.05. The second kappa shape index (κ2) is 3.49. The molecular formula is C13H12ClN. The van der Waals surface area contributed by atoms with Gasteiger partial charge in [0.1, 0.15) is 0 Å². The summed E-state index contributed by atoms with van der Waals surface area (Å²) in [6.45, 7) is 0. The van der Waals surface area contributed by atoms with Crippen molar-refractivity contribution in [3.8, 4) is 0 Å². The molecule has 1 unspecified atom stereocenters. The Morgan fingerprint density at radius 1 is 1.27 bits per heavy atom. The molecule has 0 spiro atoms. The van der Waals surface area contributed by atoms with Crippen molar-refractivity contribution >= 4 is 22.5 Å². The van der Waals surface area contributed by atoms with Crippen molar-refractivity contribution in [2.24, 2.45) is 0 Å².